The van der Waals surface area contributed by atoms with Crippen molar-refractivity contribution in [1.29, 1.82) is 0 Å². The zero-order chi connectivity index (χ0) is 11.1. The number of carbonyl (C=O) groups is 1. The van der Waals surface area contributed by atoms with Crippen molar-refractivity contribution in [3.63, 3.8) is 0 Å². The summed E-state index contributed by atoms with van der Waals surface area (Å²) in [5.74, 6) is 0.802. The van der Waals surface area contributed by atoms with Gasteiger partial charge in [-0.3, -0.25) is 4.79 Å². The number of amides is 1. The molecule has 1 heterocycles. The van der Waals surface area contributed by atoms with E-state index in [9.17, 15) is 9.90 Å². The Hall–Kier alpha value is -1.16. The lowest BCUT2D eigenvalue weighted by atomic mass is 9.95. The van der Waals surface area contributed by atoms with Crippen molar-refractivity contribution in [2.24, 2.45) is 5.41 Å². The molecule has 0 radical (unpaired) electrons. The van der Waals surface area contributed by atoms with Gasteiger partial charge in [0.15, 0.2) is 0 Å². The van der Waals surface area contributed by atoms with Crippen LogP contribution in [0.5, 0.6) is 5.75 Å². The maximum Gasteiger partial charge on any atom is 0.231 e. The van der Waals surface area contributed by atoms with Crippen LogP contribution < -0.4 is 5.32 Å². The molecule has 0 saturated heterocycles. The van der Waals surface area contributed by atoms with E-state index in [0.717, 1.165) is 10.6 Å². The molecule has 1 aliphatic rings. The molecule has 4 heteroatoms. The van der Waals surface area contributed by atoms with Gasteiger partial charge in [0.2, 0.25) is 5.91 Å². The Morgan fingerprint density at radius 2 is 2.20 bits per heavy atom. The first-order valence-electron chi connectivity index (χ1n) is 4.77. The molecule has 1 amide bonds. The van der Waals surface area contributed by atoms with E-state index in [-0.39, 0.29) is 11.7 Å². The number of thioether (sulfide) groups is 1. The Labute approximate surface area is 92.9 Å². The van der Waals surface area contributed by atoms with Crippen LogP contribution in [0.2, 0.25) is 0 Å². The fourth-order valence-corrected chi connectivity index (χ4v) is 2.49. The number of nitrogens with one attached hydrogen (secondary N) is 1. The largest absolute Gasteiger partial charge is 0.506 e. The predicted molar refractivity (Wildman–Crippen MR) is 61.2 cm³/mol. The number of phenols is 1. The molecule has 1 aromatic rings. The van der Waals surface area contributed by atoms with Crippen LogP contribution in [-0.4, -0.2) is 16.8 Å². The molecule has 0 aliphatic carbocycles. The molecule has 2 rings (SSSR count). The second kappa shape index (κ2) is 3.45. The van der Waals surface area contributed by atoms with Gasteiger partial charge in [0.1, 0.15) is 5.75 Å². The molecule has 3 nitrogen and oxygen atoms in total. The minimum Gasteiger partial charge on any atom is -0.506 e. The minimum atomic E-state index is -0.407. The number of phenolic OH excluding ortho intramolecular Hbond substituents is 1. The predicted octanol–water partition coefficient (Wildman–Crippen LogP) is 2.46. The normalized spacial score (nSPS) is 18.9. The van der Waals surface area contributed by atoms with E-state index < -0.39 is 5.41 Å². The van der Waals surface area contributed by atoms with Crippen molar-refractivity contribution in [3.05, 3.63) is 18.2 Å². The number of aromatic hydroxyl groups is 1. The first-order chi connectivity index (χ1) is 7.00. The van der Waals surface area contributed by atoms with Crippen LogP contribution in [0.1, 0.15) is 13.8 Å². The number of hydrogen-bond donors (Lipinski definition) is 2. The topological polar surface area (TPSA) is 49.3 Å². The van der Waals surface area contributed by atoms with Gasteiger partial charge in [-0.2, -0.15) is 0 Å². The second-order valence-electron chi connectivity index (χ2n) is 4.28. The van der Waals surface area contributed by atoms with Crippen LogP contribution >= 0.6 is 11.8 Å². The van der Waals surface area contributed by atoms with E-state index in [4.69, 9.17) is 0 Å². The Morgan fingerprint density at radius 3 is 2.93 bits per heavy atom. The number of fused-ring (bicyclic) bond motifs is 1. The number of benzene rings is 1. The summed E-state index contributed by atoms with van der Waals surface area (Å²) in [6.45, 7) is 3.80. The molecule has 0 spiro atoms. The third-order valence-electron chi connectivity index (χ3n) is 2.45. The molecule has 0 unspecified atom stereocenters. The van der Waals surface area contributed by atoms with Crippen molar-refractivity contribution in [2.45, 2.75) is 18.7 Å². The van der Waals surface area contributed by atoms with Crippen LogP contribution in [0.25, 0.3) is 0 Å². The van der Waals surface area contributed by atoms with Crippen LogP contribution in [0.15, 0.2) is 23.1 Å². The third kappa shape index (κ3) is 1.81. The summed E-state index contributed by atoms with van der Waals surface area (Å²) in [5.41, 5.74) is 0.133. The van der Waals surface area contributed by atoms with Crippen LogP contribution in [-0.2, 0) is 4.79 Å². The maximum atomic E-state index is 11.8. The van der Waals surface area contributed by atoms with E-state index in [1.54, 1.807) is 23.9 Å². The zero-order valence-electron chi connectivity index (χ0n) is 8.70. The van der Waals surface area contributed by atoms with Crippen molar-refractivity contribution in [1.82, 2.24) is 0 Å². The Morgan fingerprint density at radius 1 is 1.47 bits per heavy atom. The number of anilines is 1. The monoisotopic (exact) mass is 223 g/mol. The third-order valence-corrected chi connectivity index (χ3v) is 3.96. The molecular weight excluding hydrogens is 210 g/mol. The van der Waals surface area contributed by atoms with Gasteiger partial charge in [0.05, 0.1) is 11.1 Å². The minimum absolute atomic E-state index is 0.0461. The smallest absolute Gasteiger partial charge is 0.231 e. The number of hydrogen-bond acceptors (Lipinski definition) is 3. The lowest BCUT2D eigenvalue weighted by molar-refractivity contribution is -0.122. The first kappa shape index (κ1) is 10.4. The number of rotatable bonds is 0. The van der Waals surface area contributed by atoms with Crippen LogP contribution in [0, 0.1) is 5.41 Å². The van der Waals surface area contributed by atoms with Crippen molar-refractivity contribution >= 4 is 23.4 Å². The Bertz CT molecular complexity index is 415. The lowest BCUT2D eigenvalue weighted by Crippen LogP contribution is -2.31. The SMILES string of the molecule is CC1(C)CSc2cccc(O)c2NC1=O. The van der Waals surface area contributed by atoms with Gasteiger partial charge < -0.3 is 10.4 Å². The summed E-state index contributed by atoms with van der Waals surface area (Å²) in [5, 5.41) is 12.4. The summed E-state index contributed by atoms with van der Waals surface area (Å²) < 4.78 is 0. The first-order valence-corrected chi connectivity index (χ1v) is 5.75. The summed E-state index contributed by atoms with van der Waals surface area (Å²) in [4.78, 5) is 12.7. The van der Waals surface area contributed by atoms with Crippen molar-refractivity contribution < 1.29 is 9.90 Å². The molecular formula is C11H13NO2S. The fourth-order valence-electron chi connectivity index (χ4n) is 1.37. The highest BCUT2D eigenvalue weighted by molar-refractivity contribution is 7.99. The number of carbonyl (C=O) groups excluding carboxylic acids is 1. The van der Waals surface area contributed by atoms with Gasteiger partial charge in [-0.15, -0.1) is 11.8 Å². The van der Waals surface area contributed by atoms with Gasteiger partial charge in [-0.05, 0) is 12.1 Å². The molecule has 0 fully saturated rings. The van der Waals surface area contributed by atoms with Crippen LogP contribution in [0.4, 0.5) is 5.69 Å². The van der Waals surface area contributed by atoms with Crippen molar-refractivity contribution in [2.75, 3.05) is 11.1 Å². The van der Waals surface area contributed by atoms with Crippen molar-refractivity contribution in [3.8, 4) is 5.75 Å². The molecule has 1 aliphatic heterocycles. The average Bonchev–Trinajstić information content (AvgIpc) is 2.28. The second-order valence-corrected chi connectivity index (χ2v) is 5.29. The number of para-hydroxylation sites is 1. The molecule has 0 saturated carbocycles. The van der Waals surface area contributed by atoms with Gasteiger partial charge in [-0.1, -0.05) is 19.9 Å². The van der Waals surface area contributed by atoms with E-state index in [2.05, 4.69) is 5.32 Å². The molecule has 1 aromatic carbocycles. The quantitative estimate of drug-likeness (QED) is 0.664. The maximum absolute atomic E-state index is 11.8. The van der Waals surface area contributed by atoms with Gasteiger partial charge in [0, 0.05) is 10.6 Å². The summed E-state index contributed by atoms with van der Waals surface area (Å²) in [6.07, 6.45) is 0. The van der Waals surface area contributed by atoms with Gasteiger partial charge in [0.25, 0.3) is 0 Å². The Balaban J connectivity index is 2.45. The van der Waals surface area contributed by atoms with Gasteiger partial charge >= 0.3 is 0 Å². The molecule has 80 valence electrons. The Kier molecular flexibility index (Phi) is 2.38. The van der Waals surface area contributed by atoms with Crippen LogP contribution in [0.3, 0.4) is 0 Å². The highest BCUT2D eigenvalue weighted by atomic mass is 32.2. The highest BCUT2D eigenvalue weighted by Gasteiger charge is 2.32. The average molecular weight is 223 g/mol. The summed E-state index contributed by atoms with van der Waals surface area (Å²) in [6, 6.07) is 5.27. The zero-order valence-corrected chi connectivity index (χ0v) is 9.52. The summed E-state index contributed by atoms with van der Waals surface area (Å²) in [7, 11) is 0. The highest BCUT2D eigenvalue weighted by Crippen LogP contribution is 2.41. The van der Waals surface area contributed by atoms with E-state index in [1.807, 2.05) is 19.9 Å². The molecule has 0 aromatic heterocycles. The summed E-state index contributed by atoms with van der Waals surface area (Å²) >= 11 is 1.59. The fraction of sp³-hybridized carbons (Fsp3) is 0.364. The molecule has 2 N–H and O–H groups in total. The van der Waals surface area contributed by atoms with E-state index in [0.29, 0.717) is 5.69 Å². The van der Waals surface area contributed by atoms with E-state index in [1.165, 1.54) is 0 Å². The van der Waals surface area contributed by atoms with E-state index >= 15 is 0 Å². The lowest BCUT2D eigenvalue weighted by Gasteiger charge is -2.19. The van der Waals surface area contributed by atoms with Gasteiger partial charge in [-0.25, -0.2) is 0 Å². The molecule has 15 heavy (non-hydrogen) atoms. The standard InChI is InChI=1S/C11H13NO2S/c1-11(2)6-15-8-5-3-4-7(13)9(8)12-10(11)14/h3-5,13H,6H2,1-2H3,(H,12,14). The molecule has 0 atom stereocenters. The molecule has 0 bridgehead atoms.